The Hall–Kier alpha value is -1.09. The van der Waals surface area contributed by atoms with E-state index >= 15 is 0 Å². The molecule has 9 heteroatoms. The van der Waals surface area contributed by atoms with Crippen LogP contribution in [0, 0.1) is 5.41 Å². The van der Waals surface area contributed by atoms with Crippen molar-refractivity contribution in [2.24, 2.45) is 5.41 Å². The highest BCUT2D eigenvalue weighted by molar-refractivity contribution is 9.10. The van der Waals surface area contributed by atoms with E-state index < -0.39 is 45.4 Å². The molecule has 1 aromatic carbocycles. The predicted molar refractivity (Wildman–Crippen MR) is 93.7 cm³/mol. The van der Waals surface area contributed by atoms with E-state index in [1.54, 1.807) is 45.0 Å². The van der Waals surface area contributed by atoms with E-state index in [4.69, 9.17) is 0 Å². The quantitative estimate of drug-likeness (QED) is 0.671. The molecule has 0 unspecified atom stereocenters. The van der Waals surface area contributed by atoms with E-state index in [1.807, 2.05) is 0 Å². The highest BCUT2D eigenvalue weighted by Crippen LogP contribution is 2.22. The third kappa shape index (κ3) is 9.25. The van der Waals surface area contributed by atoms with Crippen LogP contribution in [0.1, 0.15) is 26.3 Å². The summed E-state index contributed by atoms with van der Waals surface area (Å²) in [5, 5.41) is 0. The van der Waals surface area contributed by atoms with E-state index in [-0.39, 0.29) is 6.54 Å². The second kappa shape index (κ2) is 8.07. The molecule has 0 radical (unpaired) electrons. The fraction of sp³-hybridized carbons (Fsp3) is 0.562. The van der Waals surface area contributed by atoms with Crippen LogP contribution in [0.4, 0.5) is 13.2 Å². The Balaban J connectivity index is 2.89. The van der Waals surface area contributed by atoms with Gasteiger partial charge in [0.05, 0.1) is 5.75 Å². The highest BCUT2D eigenvalue weighted by Gasteiger charge is 2.35. The summed E-state index contributed by atoms with van der Waals surface area (Å²) in [5.74, 6) is -2.40. The van der Waals surface area contributed by atoms with Gasteiger partial charge in [0, 0.05) is 11.0 Å². The topological polar surface area (TPSA) is 54.5 Å². The first-order valence-corrected chi connectivity index (χ1v) is 10.1. The van der Waals surface area contributed by atoms with Crippen molar-refractivity contribution in [2.75, 3.05) is 18.8 Å². The summed E-state index contributed by atoms with van der Waals surface area (Å²) in [6.07, 6.45) is -4.59. The average Bonchev–Trinajstić information content (AvgIpc) is 2.33. The summed E-state index contributed by atoms with van der Waals surface area (Å²) in [5.41, 5.74) is -0.130. The summed E-state index contributed by atoms with van der Waals surface area (Å²) in [6, 6.07) is 6.53. The van der Waals surface area contributed by atoms with Crippen LogP contribution in [0.25, 0.3) is 0 Å². The zero-order valence-corrected chi connectivity index (χ0v) is 16.6. The molecule has 0 bridgehead atoms. The van der Waals surface area contributed by atoms with Crippen LogP contribution in [-0.4, -0.2) is 44.2 Å². The minimum absolute atomic E-state index is 0.183. The molecular weight excluding hydrogens is 423 g/mol. The third-order valence-corrected chi connectivity index (χ3v) is 4.96. The van der Waals surface area contributed by atoms with E-state index in [0.717, 1.165) is 0 Å². The standard InChI is InChI=1S/C16H21BrF3NO3S/c1-15(2,3)10-21(11-16(18,19)20)14(22)9-25(23,24)8-12-5-4-6-13(17)7-12/h4-7H,8-11H2,1-3H3. The number of hydrogen-bond acceptors (Lipinski definition) is 3. The molecule has 0 heterocycles. The molecule has 0 atom stereocenters. The van der Waals surface area contributed by atoms with Crippen LogP contribution >= 0.6 is 15.9 Å². The third-order valence-electron chi connectivity index (χ3n) is 3.01. The SMILES string of the molecule is CC(C)(C)CN(CC(F)(F)F)C(=O)CS(=O)(=O)Cc1cccc(Br)c1. The monoisotopic (exact) mass is 443 g/mol. The van der Waals surface area contributed by atoms with Crippen LogP contribution < -0.4 is 0 Å². The number of amides is 1. The van der Waals surface area contributed by atoms with E-state index in [2.05, 4.69) is 15.9 Å². The second-order valence-corrected chi connectivity index (χ2v) is 10.1. The van der Waals surface area contributed by atoms with E-state index in [1.165, 1.54) is 0 Å². The van der Waals surface area contributed by atoms with Crippen molar-refractivity contribution in [3.05, 3.63) is 34.3 Å². The number of carbonyl (C=O) groups is 1. The number of sulfone groups is 1. The number of alkyl halides is 3. The Morgan fingerprint density at radius 3 is 2.24 bits per heavy atom. The fourth-order valence-electron chi connectivity index (χ4n) is 2.23. The van der Waals surface area contributed by atoms with Crippen molar-refractivity contribution in [2.45, 2.75) is 32.7 Å². The summed E-state index contributed by atoms with van der Waals surface area (Å²) >= 11 is 3.21. The molecule has 1 amide bonds. The Kier molecular flexibility index (Phi) is 7.09. The molecule has 4 nitrogen and oxygen atoms in total. The van der Waals surface area contributed by atoms with E-state index in [9.17, 15) is 26.4 Å². The molecule has 0 saturated heterocycles. The number of rotatable bonds is 6. The van der Waals surface area contributed by atoms with Gasteiger partial charge in [0.25, 0.3) is 0 Å². The van der Waals surface area contributed by atoms with Gasteiger partial charge in [-0.05, 0) is 23.1 Å². The van der Waals surface area contributed by atoms with Crippen LogP contribution in [0.3, 0.4) is 0 Å². The average molecular weight is 444 g/mol. The molecule has 1 aromatic rings. The van der Waals surface area contributed by atoms with Gasteiger partial charge in [-0.1, -0.05) is 48.8 Å². The maximum absolute atomic E-state index is 12.7. The molecule has 0 spiro atoms. The zero-order valence-electron chi connectivity index (χ0n) is 14.2. The Bertz CT molecular complexity index is 696. The van der Waals surface area contributed by atoms with Gasteiger partial charge in [-0.25, -0.2) is 8.42 Å². The van der Waals surface area contributed by atoms with Crippen LogP contribution in [0.5, 0.6) is 0 Å². The molecule has 0 aliphatic rings. The number of nitrogens with zero attached hydrogens (tertiary/aromatic N) is 1. The molecule has 0 saturated carbocycles. The number of benzene rings is 1. The van der Waals surface area contributed by atoms with Crippen molar-refractivity contribution in [3.63, 3.8) is 0 Å². The summed E-state index contributed by atoms with van der Waals surface area (Å²) in [6.45, 7) is 3.40. The molecular formula is C16H21BrF3NO3S. The van der Waals surface area contributed by atoms with Crippen molar-refractivity contribution in [1.29, 1.82) is 0 Å². The minimum Gasteiger partial charge on any atom is -0.332 e. The Labute approximate surface area is 154 Å². The molecule has 0 aromatic heterocycles. The van der Waals surface area contributed by atoms with Crippen LogP contribution in [0.15, 0.2) is 28.7 Å². The summed E-state index contributed by atoms with van der Waals surface area (Å²) < 4.78 is 63.3. The van der Waals surface area contributed by atoms with Gasteiger partial charge in [0.2, 0.25) is 5.91 Å². The number of hydrogen-bond donors (Lipinski definition) is 0. The van der Waals surface area contributed by atoms with Gasteiger partial charge in [-0.2, -0.15) is 13.2 Å². The van der Waals surface area contributed by atoms with Crippen molar-refractivity contribution in [1.82, 2.24) is 4.90 Å². The number of halogens is 4. The van der Waals surface area contributed by atoms with Gasteiger partial charge in [-0.3, -0.25) is 4.79 Å². The second-order valence-electron chi connectivity index (χ2n) is 7.09. The first kappa shape index (κ1) is 22.0. The smallest absolute Gasteiger partial charge is 0.332 e. The lowest BCUT2D eigenvalue weighted by atomic mass is 9.96. The highest BCUT2D eigenvalue weighted by atomic mass is 79.9. The van der Waals surface area contributed by atoms with Crippen LogP contribution in [0.2, 0.25) is 0 Å². The minimum atomic E-state index is -4.59. The molecule has 25 heavy (non-hydrogen) atoms. The molecule has 0 fully saturated rings. The Morgan fingerprint density at radius 1 is 1.16 bits per heavy atom. The molecule has 0 N–H and O–H groups in total. The molecule has 0 aliphatic heterocycles. The maximum atomic E-state index is 12.7. The normalized spacial score (nSPS) is 12.9. The van der Waals surface area contributed by atoms with Gasteiger partial charge < -0.3 is 4.90 Å². The fourth-order valence-corrected chi connectivity index (χ4v) is 4.03. The summed E-state index contributed by atoms with van der Waals surface area (Å²) in [4.78, 5) is 12.8. The maximum Gasteiger partial charge on any atom is 0.406 e. The summed E-state index contributed by atoms with van der Waals surface area (Å²) in [7, 11) is -3.89. The van der Waals surface area contributed by atoms with Crippen molar-refractivity contribution >= 4 is 31.7 Å². The lowest BCUT2D eigenvalue weighted by Gasteiger charge is -2.30. The van der Waals surface area contributed by atoms with Gasteiger partial charge in [-0.15, -0.1) is 0 Å². The van der Waals surface area contributed by atoms with Crippen molar-refractivity contribution in [3.8, 4) is 0 Å². The Morgan fingerprint density at radius 2 is 1.76 bits per heavy atom. The number of carbonyl (C=O) groups excluding carboxylic acids is 1. The lowest BCUT2D eigenvalue weighted by Crippen LogP contribution is -2.45. The van der Waals surface area contributed by atoms with Crippen molar-refractivity contribution < 1.29 is 26.4 Å². The largest absolute Gasteiger partial charge is 0.406 e. The van der Waals surface area contributed by atoms with Gasteiger partial charge >= 0.3 is 6.18 Å². The van der Waals surface area contributed by atoms with Crippen LogP contribution in [-0.2, 0) is 20.4 Å². The van der Waals surface area contributed by atoms with Gasteiger partial charge in [0.15, 0.2) is 9.84 Å². The van der Waals surface area contributed by atoms with E-state index in [0.29, 0.717) is 14.9 Å². The molecule has 0 aliphatic carbocycles. The van der Waals surface area contributed by atoms with Gasteiger partial charge in [0.1, 0.15) is 12.3 Å². The molecule has 1 rings (SSSR count). The molecule has 142 valence electrons. The first-order chi connectivity index (χ1) is 11.2. The zero-order chi connectivity index (χ0) is 19.5. The lowest BCUT2D eigenvalue weighted by molar-refractivity contribution is -0.161. The first-order valence-electron chi connectivity index (χ1n) is 7.46. The predicted octanol–water partition coefficient (Wildman–Crippen LogP) is 3.80.